The summed E-state index contributed by atoms with van der Waals surface area (Å²) in [6.45, 7) is 5.76. The molecule has 0 bridgehead atoms. The SMILES string of the molecule is C=CC(=O)Nc1cccc(Oc2nc(Nc3ccc(C(=O)N4CCOCC4)cc3)nn3cccc23)c1. The number of nitrogens with one attached hydrogen (secondary N) is 2. The average Bonchev–Trinajstić information content (AvgIpc) is 3.38. The molecule has 0 radical (unpaired) electrons. The Bertz CT molecular complexity index is 1410. The molecule has 1 fully saturated rings. The van der Waals surface area contributed by atoms with Gasteiger partial charge in [-0.25, -0.2) is 4.52 Å². The fourth-order valence-electron chi connectivity index (χ4n) is 3.75. The highest BCUT2D eigenvalue weighted by Crippen LogP contribution is 2.28. The first-order valence-corrected chi connectivity index (χ1v) is 11.4. The van der Waals surface area contributed by atoms with Crippen LogP contribution in [-0.4, -0.2) is 57.6 Å². The number of amides is 2. The van der Waals surface area contributed by atoms with Crippen molar-refractivity contribution in [3.8, 4) is 11.6 Å². The number of ether oxygens (including phenoxy) is 2. The van der Waals surface area contributed by atoms with Crippen LogP contribution in [0.2, 0.25) is 0 Å². The Labute approximate surface area is 207 Å². The van der Waals surface area contributed by atoms with Gasteiger partial charge in [0.15, 0.2) is 0 Å². The Morgan fingerprint density at radius 1 is 1.03 bits per heavy atom. The number of fused-ring (bicyclic) bond motifs is 1. The number of aromatic nitrogens is 3. The summed E-state index contributed by atoms with van der Waals surface area (Å²) in [6, 6.07) is 17.8. The van der Waals surface area contributed by atoms with Crippen LogP contribution in [0.15, 0.2) is 79.5 Å². The number of rotatable bonds is 7. The maximum Gasteiger partial charge on any atom is 0.254 e. The van der Waals surface area contributed by atoms with E-state index >= 15 is 0 Å². The smallest absolute Gasteiger partial charge is 0.254 e. The summed E-state index contributed by atoms with van der Waals surface area (Å²) in [4.78, 5) is 30.6. The summed E-state index contributed by atoms with van der Waals surface area (Å²) < 4.78 is 13.0. The molecular weight excluding hydrogens is 460 g/mol. The van der Waals surface area contributed by atoms with Gasteiger partial charge in [-0.1, -0.05) is 12.6 Å². The van der Waals surface area contributed by atoms with Gasteiger partial charge in [0, 0.05) is 42.3 Å². The summed E-state index contributed by atoms with van der Waals surface area (Å²) in [6.07, 6.45) is 2.99. The maximum atomic E-state index is 12.7. The first-order chi connectivity index (χ1) is 17.6. The van der Waals surface area contributed by atoms with Gasteiger partial charge in [-0.05, 0) is 54.6 Å². The molecule has 0 spiro atoms. The number of hydrogen-bond acceptors (Lipinski definition) is 7. The Morgan fingerprint density at radius 3 is 2.61 bits per heavy atom. The van der Waals surface area contributed by atoms with Crippen LogP contribution in [0.5, 0.6) is 11.6 Å². The molecule has 10 heteroatoms. The lowest BCUT2D eigenvalue weighted by molar-refractivity contribution is -0.111. The third kappa shape index (κ3) is 5.18. The second-order valence-corrected chi connectivity index (χ2v) is 8.01. The van der Waals surface area contributed by atoms with Crippen LogP contribution in [0.1, 0.15) is 10.4 Å². The largest absolute Gasteiger partial charge is 0.437 e. The molecule has 4 aromatic rings. The van der Waals surface area contributed by atoms with E-state index in [2.05, 4.69) is 27.3 Å². The molecule has 0 unspecified atom stereocenters. The fraction of sp³-hybridized carbons (Fsp3) is 0.154. The summed E-state index contributed by atoms with van der Waals surface area (Å²) in [5.74, 6) is 0.820. The van der Waals surface area contributed by atoms with Crippen LogP contribution >= 0.6 is 0 Å². The van der Waals surface area contributed by atoms with Gasteiger partial charge >= 0.3 is 0 Å². The lowest BCUT2D eigenvalue weighted by Crippen LogP contribution is -2.40. The second-order valence-electron chi connectivity index (χ2n) is 8.01. The van der Waals surface area contributed by atoms with E-state index in [1.54, 1.807) is 52.0 Å². The first-order valence-electron chi connectivity index (χ1n) is 11.4. The highest BCUT2D eigenvalue weighted by molar-refractivity contribution is 5.99. The van der Waals surface area contributed by atoms with Crippen molar-refractivity contribution in [1.82, 2.24) is 19.5 Å². The van der Waals surface area contributed by atoms with E-state index in [-0.39, 0.29) is 11.8 Å². The highest BCUT2D eigenvalue weighted by atomic mass is 16.5. The van der Waals surface area contributed by atoms with E-state index in [0.29, 0.717) is 60.6 Å². The Balaban J connectivity index is 1.34. The van der Waals surface area contributed by atoms with Crippen LogP contribution in [-0.2, 0) is 9.53 Å². The van der Waals surface area contributed by atoms with Gasteiger partial charge in [-0.15, -0.1) is 5.10 Å². The second kappa shape index (κ2) is 10.3. The van der Waals surface area contributed by atoms with E-state index < -0.39 is 0 Å². The van der Waals surface area contributed by atoms with Crippen molar-refractivity contribution in [3.63, 3.8) is 0 Å². The molecule has 2 aromatic carbocycles. The number of carbonyl (C=O) groups is 2. The molecule has 2 N–H and O–H groups in total. The standard InChI is InChI=1S/C26H24N6O4/c1-2-23(33)27-20-5-3-6-21(17-20)36-24-22-7-4-12-32(22)30-26(29-24)28-19-10-8-18(9-11-19)25(34)31-13-15-35-16-14-31/h2-12,17H,1,13-16H2,(H,27,33)(H,28,30). The number of benzene rings is 2. The number of anilines is 3. The van der Waals surface area contributed by atoms with E-state index in [1.165, 1.54) is 6.08 Å². The number of nitrogens with zero attached hydrogens (tertiary/aromatic N) is 4. The van der Waals surface area contributed by atoms with Crippen LogP contribution in [0.25, 0.3) is 5.52 Å². The zero-order valence-electron chi connectivity index (χ0n) is 19.4. The Hall–Kier alpha value is -4.70. The van der Waals surface area contributed by atoms with Crippen LogP contribution in [0, 0.1) is 0 Å². The minimum atomic E-state index is -0.313. The van der Waals surface area contributed by atoms with E-state index in [9.17, 15) is 9.59 Å². The molecule has 1 aliphatic rings. The van der Waals surface area contributed by atoms with Gasteiger partial charge < -0.3 is 25.0 Å². The van der Waals surface area contributed by atoms with Crippen molar-refractivity contribution >= 4 is 34.7 Å². The van der Waals surface area contributed by atoms with Gasteiger partial charge in [-0.2, -0.15) is 4.98 Å². The van der Waals surface area contributed by atoms with Crippen molar-refractivity contribution < 1.29 is 19.1 Å². The first kappa shape index (κ1) is 23.1. The highest BCUT2D eigenvalue weighted by Gasteiger charge is 2.18. The van der Waals surface area contributed by atoms with Gasteiger partial charge in [0.2, 0.25) is 17.7 Å². The van der Waals surface area contributed by atoms with Crippen LogP contribution in [0.3, 0.4) is 0 Å². The lowest BCUT2D eigenvalue weighted by Gasteiger charge is -2.26. The molecule has 0 atom stereocenters. The molecule has 0 aliphatic carbocycles. The van der Waals surface area contributed by atoms with Crippen molar-refractivity contribution in [2.45, 2.75) is 0 Å². The molecular formula is C26H24N6O4. The van der Waals surface area contributed by atoms with Crippen molar-refractivity contribution in [1.29, 1.82) is 0 Å². The van der Waals surface area contributed by atoms with Gasteiger partial charge in [0.1, 0.15) is 11.3 Å². The van der Waals surface area contributed by atoms with Crippen molar-refractivity contribution in [2.24, 2.45) is 0 Å². The molecule has 1 saturated heterocycles. The minimum absolute atomic E-state index is 0.0166. The molecule has 0 saturated carbocycles. The maximum absolute atomic E-state index is 12.7. The third-order valence-corrected chi connectivity index (χ3v) is 5.54. The molecule has 5 rings (SSSR count). The van der Waals surface area contributed by atoms with Crippen molar-refractivity contribution in [3.05, 3.63) is 85.1 Å². The summed E-state index contributed by atoms with van der Waals surface area (Å²) in [5.41, 5.74) is 2.58. The average molecular weight is 485 g/mol. The zero-order chi connectivity index (χ0) is 24.9. The number of hydrogen-bond donors (Lipinski definition) is 2. The summed E-state index contributed by atoms with van der Waals surface area (Å²) in [7, 11) is 0. The number of morpholine rings is 1. The molecule has 10 nitrogen and oxygen atoms in total. The van der Waals surface area contributed by atoms with E-state index in [1.807, 2.05) is 24.3 Å². The molecule has 3 heterocycles. The summed E-state index contributed by atoms with van der Waals surface area (Å²) in [5, 5.41) is 10.4. The molecule has 182 valence electrons. The fourth-order valence-corrected chi connectivity index (χ4v) is 3.75. The molecule has 2 amide bonds. The lowest BCUT2D eigenvalue weighted by atomic mass is 10.1. The quantitative estimate of drug-likeness (QED) is 0.383. The van der Waals surface area contributed by atoms with Crippen molar-refractivity contribution in [2.75, 3.05) is 36.9 Å². The van der Waals surface area contributed by atoms with Gasteiger partial charge in [0.25, 0.3) is 5.91 Å². The van der Waals surface area contributed by atoms with Gasteiger partial charge in [0.05, 0.1) is 13.2 Å². The van der Waals surface area contributed by atoms with Crippen LogP contribution in [0.4, 0.5) is 17.3 Å². The monoisotopic (exact) mass is 484 g/mol. The molecule has 36 heavy (non-hydrogen) atoms. The Morgan fingerprint density at radius 2 is 1.83 bits per heavy atom. The minimum Gasteiger partial charge on any atom is -0.437 e. The normalized spacial score (nSPS) is 13.3. The van der Waals surface area contributed by atoms with E-state index in [0.717, 1.165) is 5.69 Å². The zero-order valence-corrected chi connectivity index (χ0v) is 19.4. The summed E-state index contributed by atoms with van der Waals surface area (Å²) >= 11 is 0. The third-order valence-electron chi connectivity index (χ3n) is 5.54. The predicted octanol–water partition coefficient (Wildman–Crippen LogP) is 3.86. The Kier molecular flexibility index (Phi) is 6.59. The predicted molar refractivity (Wildman–Crippen MR) is 135 cm³/mol. The molecule has 2 aromatic heterocycles. The van der Waals surface area contributed by atoms with Gasteiger partial charge in [-0.3, -0.25) is 9.59 Å². The topological polar surface area (TPSA) is 110 Å². The number of carbonyl (C=O) groups excluding carboxylic acids is 2. The van der Waals surface area contributed by atoms with E-state index in [4.69, 9.17) is 9.47 Å². The van der Waals surface area contributed by atoms with Crippen LogP contribution < -0.4 is 15.4 Å². The molecule has 1 aliphatic heterocycles.